The van der Waals surface area contributed by atoms with Crippen LogP contribution in [-0.2, 0) is 0 Å². The molecule has 6 nitrogen and oxygen atoms in total. The molecule has 0 radical (unpaired) electrons. The molecule has 1 fully saturated rings. The molecule has 1 aromatic carbocycles. The van der Waals surface area contributed by atoms with Gasteiger partial charge in [-0.15, -0.1) is 0 Å². The van der Waals surface area contributed by atoms with E-state index in [-0.39, 0.29) is 11.9 Å². The number of hydrogen-bond donors (Lipinski definition) is 1. The second kappa shape index (κ2) is 7.35. The van der Waals surface area contributed by atoms with Crippen LogP contribution in [0.3, 0.4) is 0 Å². The lowest BCUT2D eigenvalue weighted by Gasteiger charge is -2.42. The second-order valence-corrected chi connectivity index (χ2v) is 7.45. The van der Waals surface area contributed by atoms with Gasteiger partial charge in [0, 0.05) is 55.2 Å². The minimum atomic E-state index is 0.0244. The Hall–Kier alpha value is -3.33. The van der Waals surface area contributed by atoms with E-state index in [1.54, 1.807) is 24.3 Å². The largest absolute Gasteiger partial charge is 0.369 e. The SMILES string of the molecule is C[C@@H]1CCN(C(=O)c2ccc(C#N)cc2)CC1N(C)c1ccnc2[nH]ccc12. The Bertz CT molecular complexity index is 1030. The number of carbonyl (C=O) groups is 1. The number of nitrogens with one attached hydrogen (secondary N) is 1. The van der Waals surface area contributed by atoms with Crippen molar-refractivity contribution in [2.75, 3.05) is 25.0 Å². The highest BCUT2D eigenvalue weighted by Crippen LogP contribution is 2.30. The van der Waals surface area contributed by atoms with E-state index in [0.29, 0.717) is 23.6 Å². The number of fused-ring (bicyclic) bond motifs is 1. The van der Waals surface area contributed by atoms with Crippen LogP contribution < -0.4 is 4.90 Å². The first-order valence-electron chi connectivity index (χ1n) is 9.53. The van der Waals surface area contributed by atoms with Crippen LogP contribution in [0.25, 0.3) is 11.0 Å². The Balaban J connectivity index is 1.57. The second-order valence-electron chi connectivity index (χ2n) is 7.45. The van der Waals surface area contributed by atoms with E-state index in [0.717, 1.165) is 29.7 Å². The van der Waals surface area contributed by atoms with Crippen LogP contribution >= 0.6 is 0 Å². The number of aromatic nitrogens is 2. The number of likely N-dealkylation sites (tertiary alicyclic amines) is 1. The third-order valence-electron chi connectivity index (χ3n) is 5.78. The molecule has 1 amide bonds. The number of benzene rings is 1. The molecule has 0 bridgehead atoms. The number of piperidine rings is 1. The smallest absolute Gasteiger partial charge is 0.253 e. The molecule has 142 valence electrons. The van der Waals surface area contributed by atoms with Gasteiger partial charge in [0.15, 0.2) is 0 Å². The molecule has 28 heavy (non-hydrogen) atoms. The van der Waals surface area contributed by atoms with Crippen LogP contribution in [0.4, 0.5) is 5.69 Å². The van der Waals surface area contributed by atoms with Gasteiger partial charge in [-0.25, -0.2) is 4.98 Å². The van der Waals surface area contributed by atoms with Gasteiger partial charge in [0.05, 0.1) is 11.6 Å². The standard InChI is InChI=1S/C22H23N5O/c1-15-9-12-27(22(28)17-5-3-16(13-23)4-6-17)14-20(15)26(2)19-8-11-25-21-18(19)7-10-24-21/h3-8,10-11,15,20H,9,12,14H2,1-2H3,(H,24,25)/t15-,20?/m1/s1. The van der Waals surface area contributed by atoms with Gasteiger partial charge < -0.3 is 14.8 Å². The summed E-state index contributed by atoms with van der Waals surface area (Å²) in [6, 6.07) is 13.3. The van der Waals surface area contributed by atoms with Crippen LogP contribution in [0, 0.1) is 17.2 Å². The topological polar surface area (TPSA) is 76.0 Å². The Kier molecular flexibility index (Phi) is 4.74. The van der Waals surface area contributed by atoms with E-state index < -0.39 is 0 Å². The Labute approximate surface area is 164 Å². The molecular weight excluding hydrogens is 350 g/mol. The number of amides is 1. The quantitative estimate of drug-likeness (QED) is 0.763. The zero-order valence-corrected chi connectivity index (χ0v) is 16.1. The minimum absolute atomic E-state index is 0.0244. The van der Waals surface area contributed by atoms with Crippen molar-refractivity contribution in [1.82, 2.24) is 14.9 Å². The number of anilines is 1. The van der Waals surface area contributed by atoms with Gasteiger partial charge in [-0.05, 0) is 48.7 Å². The number of likely N-dealkylation sites (N-methyl/N-ethyl adjacent to an activating group) is 1. The average Bonchev–Trinajstić information content (AvgIpc) is 3.22. The summed E-state index contributed by atoms with van der Waals surface area (Å²) in [7, 11) is 2.10. The van der Waals surface area contributed by atoms with Gasteiger partial charge >= 0.3 is 0 Å². The third kappa shape index (κ3) is 3.20. The number of rotatable bonds is 3. The Morgan fingerprint density at radius 1 is 1.29 bits per heavy atom. The lowest BCUT2D eigenvalue weighted by molar-refractivity contribution is 0.0670. The van der Waals surface area contributed by atoms with Gasteiger partial charge in [0.25, 0.3) is 5.91 Å². The number of pyridine rings is 1. The summed E-state index contributed by atoms with van der Waals surface area (Å²) in [5, 5.41) is 10.0. The fourth-order valence-electron chi connectivity index (χ4n) is 4.04. The summed E-state index contributed by atoms with van der Waals surface area (Å²) in [6.07, 6.45) is 4.68. The molecule has 3 aromatic rings. The molecule has 1 saturated heterocycles. The lowest BCUT2D eigenvalue weighted by atomic mass is 9.91. The molecule has 1 unspecified atom stereocenters. The summed E-state index contributed by atoms with van der Waals surface area (Å²) in [4.78, 5) is 24.7. The van der Waals surface area contributed by atoms with Crippen LogP contribution in [0.15, 0.2) is 48.8 Å². The van der Waals surface area contributed by atoms with Gasteiger partial charge in [-0.1, -0.05) is 6.92 Å². The third-order valence-corrected chi connectivity index (χ3v) is 5.78. The fourth-order valence-corrected chi connectivity index (χ4v) is 4.04. The maximum Gasteiger partial charge on any atom is 0.253 e. The zero-order chi connectivity index (χ0) is 19.7. The molecule has 1 aliphatic heterocycles. The molecule has 4 rings (SSSR count). The Morgan fingerprint density at radius 2 is 2.07 bits per heavy atom. The molecule has 2 aromatic heterocycles. The highest BCUT2D eigenvalue weighted by atomic mass is 16.2. The van der Waals surface area contributed by atoms with Crippen LogP contribution in [0.1, 0.15) is 29.3 Å². The molecule has 0 saturated carbocycles. The number of H-pyrrole nitrogens is 1. The van der Waals surface area contributed by atoms with Gasteiger partial charge in [-0.2, -0.15) is 5.26 Å². The number of nitrogens with zero attached hydrogens (tertiary/aromatic N) is 4. The number of nitriles is 1. The molecule has 3 heterocycles. The predicted octanol–water partition coefficient (Wildman–Crippen LogP) is 3.42. The van der Waals surface area contributed by atoms with Crippen LogP contribution in [0.5, 0.6) is 0 Å². The van der Waals surface area contributed by atoms with E-state index >= 15 is 0 Å². The van der Waals surface area contributed by atoms with Gasteiger partial charge in [0.2, 0.25) is 0 Å². The molecule has 0 spiro atoms. The minimum Gasteiger partial charge on any atom is -0.369 e. The van der Waals surface area contributed by atoms with Crippen molar-refractivity contribution in [1.29, 1.82) is 5.26 Å². The first-order chi connectivity index (χ1) is 13.6. The van der Waals surface area contributed by atoms with E-state index in [9.17, 15) is 4.79 Å². The van der Waals surface area contributed by atoms with E-state index in [1.807, 2.05) is 29.4 Å². The first kappa shape index (κ1) is 18.1. The highest BCUT2D eigenvalue weighted by Gasteiger charge is 2.32. The van der Waals surface area contributed by atoms with Gasteiger partial charge in [-0.3, -0.25) is 4.79 Å². The monoisotopic (exact) mass is 373 g/mol. The summed E-state index contributed by atoms with van der Waals surface area (Å²) < 4.78 is 0. The van der Waals surface area contributed by atoms with Crippen LogP contribution in [0.2, 0.25) is 0 Å². The normalized spacial score (nSPS) is 19.4. The maximum absolute atomic E-state index is 13.0. The first-order valence-corrected chi connectivity index (χ1v) is 9.53. The summed E-state index contributed by atoms with van der Waals surface area (Å²) >= 11 is 0. The molecule has 2 atom stereocenters. The summed E-state index contributed by atoms with van der Waals surface area (Å²) in [6.45, 7) is 3.67. The van der Waals surface area contributed by atoms with Crippen LogP contribution in [-0.4, -0.2) is 47.0 Å². The molecule has 6 heteroatoms. The van der Waals surface area contributed by atoms with Crippen molar-refractivity contribution in [3.8, 4) is 6.07 Å². The summed E-state index contributed by atoms with van der Waals surface area (Å²) in [5.74, 6) is 0.494. The summed E-state index contributed by atoms with van der Waals surface area (Å²) in [5.41, 5.74) is 3.19. The number of aromatic amines is 1. The number of hydrogen-bond acceptors (Lipinski definition) is 4. The van der Waals surface area contributed by atoms with E-state index in [1.165, 1.54) is 0 Å². The van der Waals surface area contributed by atoms with Crippen molar-refractivity contribution in [2.45, 2.75) is 19.4 Å². The fraction of sp³-hybridized carbons (Fsp3) is 0.318. The van der Waals surface area contributed by atoms with Crippen molar-refractivity contribution in [2.24, 2.45) is 5.92 Å². The molecule has 1 aliphatic rings. The van der Waals surface area contributed by atoms with Crippen molar-refractivity contribution >= 4 is 22.6 Å². The molecular formula is C22H23N5O. The van der Waals surface area contributed by atoms with Crippen molar-refractivity contribution in [3.63, 3.8) is 0 Å². The van der Waals surface area contributed by atoms with Gasteiger partial charge in [0.1, 0.15) is 5.65 Å². The Morgan fingerprint density at radius 3 is 2.82 bits per heavy atom. The lowest BCUT2D eigenvalue weighted by Crippen LogP contribution is -2.52. The molecule has 0 aliphatic carbocycles. The maximum atomic E-state index is 13.0. The van der Waals surface area contributed by atoms with E-state index in [2.05, 4.69) is 34.9 Å². The predicted molar refractivity (Wildman–Crippen MR) is 109 cm³/mol. The average molecular weight is 373 g/mol. The van der Waals surface area contributed by atoms with Crippen molar-refractivity contribution in [3.05, 3.63) is 59.9 Å². The van der Waals surface area contributed by atoms with Crippen molar-refractivity contribution < 1.29 is 4.79 Å². The number of carbonyl (C=O) groups excluding carboxylic acids is 1. The zero-order valence-electron chi connectivity index (χ0n) is 16.1. The highest BCUT2D eigenvalue weighted by molar-refractivity contribution is 5.94. The molecule has 1 N–H and O–H groups in total. The van der Waals surface area contributed by atoms with E-state index in [4.69, 9.17) is 5.26 Å².